The lowest BCUT2D eigenvalue weighted by molar-refractivity contribution is 0.116. The number of rotatable bonds is 6. The summed E-state index contributed by atoms with van der Waals surface area (Å²) in [6.07, 6.45) is 6.57. The Morgan fingerprint density at radius 3 is 2.47 bits per heavy atom. The van der Waals surface area contributed by atoms with Crippen molar-refractivity contribution in [1.29, 1.82) is 0 Å². The Morgan fingerprint density at radius 2 is 1.84 bits per heavy atom. The van der Waals surface area contributed by atoms with Crippen molar-refractivity contribution in [2.45, 2.75) is 63.5 Å². The Labute approximate surface area is 117 Å². The summed E-state index contributed by atoms with van der Waals surface area (Å²) in [5.74, 6) is 0.623. The minimum atomic E-state index is -0.0568. The summed E-state index contributed by atoms with van der Waals surface area (Å²) < 4.78 is 0. The lowest BCUT2D eigenvalue weighted by Gasteiger charge is -2.28. The van der Waals surface area contributed by atoms with E-state index in [1.165, 1.54) is 18.4 Å². The van der Waals surface area contributed by atoms with Crippen LogP contribution in [-0.2, 0) is 0 Å². The molecule has 0 heterocycles. The third-order valence-electron chi connectivity index (χ3n) is 4.26. The van der Waals surface area contributed by atoms with Crippen LogP contribution in [0.4, 0.5) is 0 Å². The Bertz CT molecular complexity index is 344. The van der Waals surface area contributed by atoms with E-state index < -0.39 is 0 Å². The molecule has 0 aliphatic heterocycles. The molecule has 1 aliphatic rings. The highest BCUT2D eigenvalue weighted by Crippen LogP contribution is 2.23. The molecule has 0 amide bonds. The first-order valence-electron chi connectivity index (χ1n) is 7.76. The Kier molecular flexibility index (Phi) is 5.87. The van der Waals surface area contributed by atoms with Crippen molar-refractivity contribution in [3.63, 3.8) is 0 Å². The van der Waals surface area contributed by atoms with Crippen molar-refractivity contribution in [3.8, 4) is 0 Å². The number of hydrogen-bond acceptors (Lipinski definition) is 2. The quantitative estimate of drug-likeness (QED) is 0.822. The highest BCUT2D eigenvalue weighted by atomic mass is 16.3. The van der Waals surface area contributed by atoms with Crippen LogP contribution in [0.15, 0.2) is 30.3 Å². The molecule has 1 aromatic carbocycles. The van der Waals surface area contributed by atoms with E-state index in [9.17, 15) is 5.11 Å². The Balaban J connectivity index is 1.84. The van der Waals surface area contributed by atoms with Gasteiger partial charge in [-0.2, -0.15) is 0 Å². The molecule has 1 saturated carbocycles. The maximum Gasteiger partial charge on any atom is 0.0541 e. The zero-order valence-corrected chi connectivity index (χ0v) is 12.0. The van der Waals surface area contributed by atoms with Crippen molar-refractivity contribution in [2.24, 2.45) is 0 Å². The molecule has 2 rings (SSSR count). The third-order valence-corrected chi connectivity index (χ3v) is 4.26. The maximum atomic E-state index is 9.54. The molecule has 2 heteroatoms. The van der Waals surface area contributed by atoms with E-state index in [4.69, 9.17) is 0 Å². The fourth-order valence-corrected chi connectivity index (χ4v) is 3.05. The van der Waals surface area contributed by atoms with Gasteiger partial charge in [0.15, 0.2) is 0 Å². The first-order valence-corrected chi connectivity index (χ1v) is 7.76. The maximum absolute atomic E-state index is 9.54. The largest absolute Gasteiger partial charge is 0.393 e. The van der Waals surface area contributed by atoms with Gasteiger partial charge in [0.05, 0.1) is 6.10 Å². The number of hydrogen-bond donors (Lipinski definition) is 2. The van der Waals surface area contributed by atoms with Crippen molar-refractivity contribution in [1.82, 2.24) is 5.32 Å². The van der Waals surface area contributed by atoms with Crippen molar-refractivity contribution < 1.29 is 5.11 Å². The Morgan fingerprint density at radius 1 is 1.16 bits per heavy atom. The smallest absolute Gasteiger partial charge is 0.0541 e. The van der Waals surface area contributed by atoms with Crippen LogP contribution in [0.1, 0.15) is 56.9 Å². The van der Waals surface area contributed by atoms with Gasteiger partial charge in [0.1, 0.15) is 0 Å². The van der Waals surface area contributed by atoms with Crippen molar-refractivity contribution in [3.05, 3.63) is 35.9 Å². The third kappa shape index (κ3) is 4.63. The summed E-state index contributed by atoms with van der Waals surface area (Å²) in [4.78, 5) is 0. The van der Waals surface area contributed by atoms with Gasteiger partial charge < -0.3 is 10.4 Å². The molecule has 19 heavy (non-hydrogen) atoms. The summed E-state index contributed by atoms with van der Waals surface area (Å²) in [6, 6.07) is 11.4. The summed E-state index contributed by atoms with van der Waals surface area (Å²) in [5.41, 5.74) is 1.45. The zero-order chi connectivity index (χ0) is 13.5. The monoisotopic (exact) mass is 261 g/mol. The number of benzene rings is 1. The minimum Gasteiger partial charge on any atom is -0.393 e. The van der Waals surface area contributed by atoms with E-state index in [0.717, 1.165) is 32.2 Å². The zero-order valence-electron chi connectivity index (χ0n) is 12.0. The van der Waals surface area contributed by atoms with Crippen molar-refractivity contribution >= 4 is 0 Å². The van der Waals surface area contributed by atoms with Gasteiger partial charge >= 0.3 is 0 Å². The van der Waals surface area contributed by atoms with E-state index in [1.807, 2.05) is 0 Å². The summed E-state index contributed by atoms with van der Waals surface area (Å²) >= 11 is 0. The molecular formula is C17H27NO. The van der Waals surface area contributed by atoms with Crippen LogP contribution < -0.4 is 5.32 Å². The molecule has 0 radical (unpaired) electrons. The summed E-state index contributed by atoms with van der Waals surface area (Å²) in [6.45, 7) is 3.32. The van der Waals surface area contributed by atoms with E-state index in [1.54, 1.807) is 0 Å². The number of nitrogens with one attached hydrogen (secondary N) is 1. The molecule has 0 aromatic heterocycles. The molecule has 2 N–H and O–H groups in total. The van der Waals surface area contributed by atoms with Gasteiger partial charge in [-0.05, 0) is 43.6 Å². The fraction of sp³-hybridized carbons (Fsp3) is 0.647. The molecule has 0 spiro atoms. The second kappa shape index (κ2) is 7.66. The van der Waals surface area contributed by atoms with Crippen LogP contribution in [0.3, 0.4) is 0 Å². The summed E-state index contributed by atoms with van der Waals surface area (Å²) in [5, 5.41) is 13.3. The van der Waals surface area contributed by atoms with Gasteiger partial charge in [-0.1, -0.05) is 43.7 Å². The van der Waals surface area contributed by atoms with E-state index >= 15 is 0 Å². The van der Waals surface area contributed by atoms with Crippen LogP contribution in [0.25, 0.3) is 0 Å². The second-order valence-corrected chi connectivity index (χ2v) is 5.81. The van der Waals surface area contributed by atoms with E-state index in [-0.39, 0.29) is 6.10 Å². The first kappa shape index (κ1) is 14.5. The molecule has 106 valence electrons. The SMILES string of the molecule is CCCC(CNC1CCC(O)CC1)c1ccccc1. The molecule has 1 aromatic rings. The predicted molar refractivity (Wildman–Crippen MR) is 80.4 cm³/mol. The molecule has 1 unspecified atom stereocenters. The highest BCUT2D eigenvalue weighted by Gasteiger charge is 2.20. The Hall–Kier alpha value is -0.860. The van der Waals surface area contributed by atoms with Crippen LogP contribution in [0.5, 0.6) is 0 Å². The van der Waals surface area contributed by atoms with E-state index in [0.29, 0.717) is 12.0 Å². The van der Waals surface area contributed by atoms with Crippen LogP contribution in [-0.4, -0.2) is 23.8 Å². The van der Waals surface area contributed by atoms with Gasteiger partial charge in [0.2, 0.25) is 0 Å². The molecule has 1 atom stereocenters. The first-order chi connectivity index (χ1) is 9.29. The predicted octanol–water partition coefficient (Wildman–Crippen LogP) is 3.46. The van der Waals surface area contributed by atoms with Crippen LogP contribution in [0, 0.1) is 0 Å². The average Bonchev–Trinajstić information content (AvgIpc) is 2.46. The molecule has 2 nitrogen and oxygen atoms in total. The van der Waals surface area contributed by atoms with Crippen LogP contribution >= 0.6 is 0 Å². The van der Waals surface area contributed by atoms with Gasteiger partial charge in [-0.3, -0.25) is 0 Å². The standard InChI is InChI=1S/C17H27NO/c1-2-6-15(14-7-4-3-5-8-14)13-18-16-9-11-17(19)12-10-16/h3-5,7-8,15-19H,2,6,9-13H2,1H3. The van der Waals surface area contributed by atoms with Gasteiger partial charge in [-0.25, -0.2) is 0 Å². The fourth-order valence-electron chi connectivity index (χ4n) is 3.05. The highest BCUT2D eigenvalue weighted by molar-refractivity contribution is 5.19. The van der Waals surface area contributed by atoms with Gasteiger partial charge in [-0.15, -0.1) is 0 Å². The van der Waals surface area contributed by atoms with Gasteiger partial charge in [0.25, 0.3) is 0 Å². The minimum absolute atomic E-state index is 0.0568. The number of aliphatic hydroxyl groups excluding tert-OH is 1. The van der Waals surface area contributed by atoms with Gasteiger partial charge in [0, 0.05) is 12.6 Å². The molecule has 0 bridgehead atoms. The number of aliphatic hydroxyl groups is 1. The average molecular weight is 261 g/mol. The lowest BCUT2D eigenvalue weighted by Crippen LogP contribution is -2.36. The molecular weight excluding hydrogens is 234 g/mol. The summed E-state index contributed by atoms with van der Waals surface area (Å²) in [7, 11) is 0. The normalized spacial score (nSPS) is 25.2. The van der Waals surface area contributed by atoms with Crippen molar-refractivity contribution in [2.75, 3.05) is 6.54 Å². The lowest BCUT2D eigenvalue weighted by atomic mass is 9.91. The molecule has 1 fully saturated rings. The van der Waals surface area contributed by atoms with Crippen LogP contribution in [0.2, 0.25) is 0 Å². The second-order valence-electron chi connectivity index (χ2n) is 5.81. The van der Waals surface area contributed by atoms with E-state index in [2.05, 4.69) is 42.6 Å². The molecule has 0 saturated heterocycles. The molecule has 1 aliphatic carbocycles. The topological polar surface area (TPSA) is 32.3 Å².